The van der Waals surface area contributed by atoms with E-state index in [9.17, 15) is 4.79 Å². The fourth-order valence-electron chi connectivity index (χ4n) is 2.63. The molecule has 0 amide bonds. The normalized spacial score (nSPS) is 11.2. The molecule has 0 atom stereocenters. The highest BCUT2D eigenvalue weighted by molar-refractivity contribution is 5.99. The van der Waals surface area contributed by atoms with Crippen LogP contribution >= 0.6 is 0 Å². The molecular weight excluding hydrogens is 314 g/mol. The van der Waals surface area contributed by atoms with Gasteiger partial charge in [0.25, 0.3) is 5.56 Å². The fourth-order valence-corrected chi connectivity index (χ4v) is 2.63. The van der Waals surface area contributed by atoms with Gasteiger partial charge >= 0.3 is 0 Å². The molecule has 6 heteroatoms. The molecule has 0 radical (unpaired) electrons. The van der Waals surface area contributed by atoms with Crippen molar-refractivity contribution in [2.24, 2.45) is 5.10 Å². The quantitative estimate of drug-likeness (QED) is 0.396. The number of para-hydroxylation sites is 1. The molecule has 122 valence electrons. The van der Waals surface area contributed by atoms with Crippen LogP contribution in [0, 0.1) is 0 Å². The lowest BCUT2D eigenvalue weighted by Gasteiger charge is -2.03. The Morgan fingerprint density at radius 1 is 1.04 bits per heavy atom. The van der Waals surface area contributed by atoms with Crippen molar-refractivity contribution in [1.29, 1.82) is 0 Å². The van der Waals surface area contributed by atoms with Gasteiger partial charge in [-0.05, 0) is 6.07 Å². The molecule has 2 aromatic carbocycles. The molecule has 3 N–H and O–H groups in total. The standard InChI is InChI=1S/C19H15N5O/c25-18-10-17(13-6-2-1-3-7-13)22-19(23-18)24-21-12-14-11-20-16-9-5-4-8-15(14)16/h1-12,20H,(H2,22,23,24,25)/b21-12-. The Kier molecular flexibility index (Phi) is 3.84. The number of aromatic nitrogens is 3. The van der Waals surface area contributed by atoms with E-state index in [1.807, 2.05) is 60.8 Å². The number of rotatable bonds is 4. The SMILES string of the molecule is O=c1cc(-c2ccccc2)nc(N/N=C\c2c[nH]c3ccccc23)[nH]1. The molecular formula is C19H15N5O. The third kappa shape index (κ3) is 3.18. The van der Waals surface area contributed by atoms with Gasteiger partial charge in [-0.2, -0.15) is 5.10 Å². The second kappa shape index (κ2) is 6.45. The van der Waals surface area contributed by atoms with Crippen LogP contribution in [0.15, 0.2) is 76.8 Å². The summed E-state index contributed by atoms with van der Waals surface area (Å²) in [7, 11) is 0. The molecule has 0 aliphatic rings. The molecule has 0 aliphatic heterocycles. The lowest BCUT2D eigenvalue weighted by Crippen LogP contribution is -2.10. The van der Waals surface area contributed by atoms with Crippen molar-refractivity contribution in [2.45, 2.75) is 0 Å². The number of benzene rings is 2. The average Bonchev–Trinajstić information content (AvgIpc) is 3.05. The number of aromatic amines is 2. The highest BCUT2D eigenvalue weighted by Gasteiger charge is 2.03. The Labute approximate surface area is 143 Å². The van der Waals surface area contributed by atoms with E-state index in [1.54, 1.807) is 6.21 Å². The maximum atomic E-state index is 11.9. The van der Waals surface area contributed by atoms with Crippen molar-refractivity contribution >= 4 is 23.1 Å². The van der Waals surface area contributed by atoms with Gasteiger partial charge in [0.1, 0.15) is 0 Å². The maximum Gasteiger partial charge on any atom is 0.252 e. The minimum Gasteiger partial charge on any atom is -0.361 e. The molecule has 0 aliphatic carbocycles. The molecule has 2 heterocycles. The average molecular weight is 329 g/mol. The molecule has 0 unspecified atom stereocenters. The zero-order valence-electron chi connectivity index (χ0n) is 13.2. The summed E-state index contributed by atoms with van der Waals surface area (Å²) in [4.78, 5) is 22.1. The molecule has 6 nitrogen and oxygen atoms in total. The van der Waals surface area contributed by atoms with Gasteiger partial charge in [-0.1, -0.05) is 48.5 Å². The van der Waals surface area contributed by atoms with E-state index in [0.717, 1.165) is 22.0 Å². The van der Waals surface area contributed by atoms with Crippen LogP contribution in [-0.4, -0.2) is 21.2 Å². The van der Waals surface area contributed by atoms with Gasteiger partial charge in [0.15, 0.2) is 0 Å². The lowest BCUT2D eigenvalue weighted by molar-refractivity contribution is 1.09. The van der Waals surface area contributed by atoms with Crippen molar-refractivity contribution < 1.29 is 0 Å². The zero-order valence-corrected chi connectivity index (χ0v) is 13.2. The summed E-state index contributed by atoms with van der Waals surface area (Å²) >= 11 is 0. The zero-order chi connectivity index (χ0) is 17.1. The number of hydrazone groups is 1. The van der Waals surface area contributed by atoms with Gasteiger partial charge in [0.2, 0.25) is 5.95 Å². The first-order chi connectivity index (χ1) is 12.3. The molecule has 0 bridgehead atoms. The summed E-state index contributed by atoms with van der Waals surface area (Å²) in [5, 5.41) is 5.26. The van der Waals surface area contributed by atoms with Gasteiger partial charge in [-0.15, -0.1) is 0 Å². The summed E-state index contributed by atoms with van der Waals surface area (Å²) in [6.07, 6.45) is 3.57. The predicted molar refractivity (Wildman–Crippen MR) is 99.8 cm³/mol. The summed E-state index contributed by atoms with van der Waals surface area (Å²) in [5.74, 6) is 0.294. The van der Waals surface area contributed by atoms with Crippen molar-refractivity contribution in [1.82, 2.24) is 15.0 Å². The number of nitrogens with one attached hydrogen (secondary N) is 3. The first kappa shape index (κ1) is 14.9. The number of fused-ring (bicyclic) bond motifs is 1. The van der Waals surface area contributed by atoms with Crippen LogP contribution in [0.1, 0.15) is 5.56 Å². The van der Waals surface area contributed by atoms with E-state index in [4.69, 9.17) is 0 Å². The second-order valence-corrected chi connectivity index (χ2v) is 5.50. The van der Waals surface area contributed by atoms with Gasteiger partial charge in [0.05, 0.1) is 11.9 Å². The summed E-state index contributed by atoms with van der Waals surface area (Å²) in [5.41, 5.74) is 6.01. The van der Waals surface area contributed by atoms with E-state index < -0.39 is 0 Å². The third-order valence-corrected chi connectivity index (χ3v) is 3.81. The predicted octanol–water partition coefficient (Wildman–Crippen LogP) is 3.36. The Morgan fingerprint density at radius 3 is 2.72 bits per heavy atom. The smallest absolute Gasteiger partial charge is 0.252 e. The van der Waals surface area contributed by atoms with E-state index in [-0.39, 0.29) is 5.56 Å². The number of hydrogen-bond donors (Lipinski definition) is 3. The molecule has 0 saturated heterocycles. The Hall–Kier alpha value is -3.67. The van der Waals surface area contributed by atoms with Crippen LogP contribution in [0.25, 0.3) is 22.2 Å². The van der Waals surface area contributed by atoms with Gasteiger partial charge in [-0.3, -0.25) is 9.78 Å². The van der Waals surface area contributed by atoms with Crippen molar-refractivity contribution in [3.8, 4) is 11.3 Å². The van der Waals surface area contributed by atoms with E-state index >= 15 is 0 Å². The molecule has 25 heavy (non-hydrogen) atoms. The van der Waals surface area contributed by atoms with Crippen LogP contribution in [0.2, 0.25) is 0 Å². The van der Waals surface area contributed by atoms with Gasteiger partial charge < -0.3 is 4.98 Å². The molecule has 0 spiro atoms. The largest absolute Gasteiger partial charge is 0.361 e. The number of nitrogens with zero attached hydrogens (tertiary/aromatic N) is 2. The minimum atomic E-state index is -0.237. The Balaban J connectivity index is 1.59. The number of anilines is 1. The topological polar surface area (TPSA) is 85.9 Å². The molecule has 4 aromatic rings. The van der Waals surface area contributed by atoms with Crippen molar-refractivity contribution in [3.63, 3.8) is 0 Å². The highest BCUT2D eigenvalue weighted by Crippen LogP contribution is 2.17. The fraction of sp³-hybridized carbons (Fsp3) is 0. The molecule has 2 aromatic heterocycles. The minimum absolute atomic E-state index is 0.237. The van der Waals surface area contributed by atoms with E-state index in [1.165, 1.54) is 6.07 Å². The number of hydrogen-bond acceptors (Lipinski definition) is 4. The third-order valence-electron chi connectivity index (χ3n) is 3.81. The molecule has 0 saturated carbocycles. The van der Waals surface area contributed by atoms with Crippen LogP contribution in [0.5, 0.6) is 0 Å². The van der Waals surface area contributed by atoms with Gasteiger partial charge in [0, 0.05) is 34.3 Å². The monoisotopic (exact) mass is 329 g/mol. The maximum absolute atomic E-state index is 11.9. The summed E-state index contributed by atoms with van der Waals surface area (Å²) < 4.78 is 0. The first-order valence-electron chi connectivity index (χ1n) is 7.81. The van der Waals surface area contributed by atoms with E-state index in [0.29, 0.717) is 11.6 Å². The molecule has 4 rings (SSSR count). The lowest BCUT2D eigenvalue weighted by atomic mass is 10.1. The molecule has 0 fully saturated rings. The summed E-state index contributed by atoms with van der Waals surface area (Å²) in [6, 6.07) is 19.0. The summed E-state index contributed by atoms with van der Waals surface area (Å²) in [6.45, 7) is 0. The Morgan fingerprint density at radius 2 is 1.84 bits per heavy atom. The highest BCUT2D eigenvalue weighted by atomic mass is 16.1. The van der Waals surface area contributed by atoms with E-state index in [2.05, 4.69) is 25.5 Å². The Bertz CT molecular complexity index is 1100. The van der Waals surface area contributed by atoms with Crippen molar-refractivity contribution in [2.75, 3.05) is 5.43 Å². The number of H-pyrrole nitrogens is 2. The first-order valence-corrected chi connectivity index (χ1v) is 7.81. The van der Waals surface area contributed by atoms with Gasteiger partial charge in [-0.25, -0.2) is 10.4 Å². The van der Waals surface area contributed by atoms with Crippen LogP contribution in [0.4, 0.5) is 5.95 Å². The van der Waals surface area contributed by atoms with Crippen LogP contribution < -0.4 is 11.0 Å². The van der Waals surface area contributed by atoms with Crippen LogP contribution in [0.3, 0.4) is 0 Å². The van der Waals surface area contributed by atoms with Crippen molar-refractivity contribution in [3.05, 3.63) is 82.8 Å². The second-order valence-electron chi connectivity index (χ2n) is 5.50. The van der Waals surface area contributed by atoms with Crippen LogP contribution in [-0.2, 0) is 0 Å².